The number of aromatic nitrogens is 3. The summed E-state index contributed by atoms with van der Waals surface area (Å²) in [6.07, 6.45) is 8.88. The summed E-state index contributed by atoms with van der Waals surface area (Å²) in [5.74, 6) is 1.54. The van der Waals surface area contributed by atoms with Gasteiger partial charge >= 0.3 is 0 Å². The molecule has 1 aromatic carbocycles. The number of benzene rings is 1. The molecule has 2 fully saturated rings. The minimum Gasteiger partial charge on any atom is -0.387 e. The van der Waals surface area contributed by atoms with Crippen LogP contribution in [0.5, 0.6) is 0 Å². The molecule has 6 rings (SSSR count). The van der Waals surface area contributed by atoms with Crippen molar-refractivity contribution in [1.29, 1.82) is 0 Å². The highest BCUT2D eigenvalue weighted by atomic mass is 15.4. The van der Waals surface area contributed by atoms with E-state index >= 15 is 0 Å². The predicted octanol–water partition coefficient (Wildman–Crippen LogP) is 6.26. The third kappa shape index (κ3) is 5.15. The topological polar surface area (TPSA) is 48.7 Å². The van der Waals surface area contributed by atoms with E-state index in [9.17, 15) is 0 Å². The molecule has 1 saturated heterocycles. The Hall–Kier alpha value is -3.22. The van der Waals surface area contributed by atoms with Crippen LogP contribution in [0.25, 0.3) is 11.3 Å². The first kappa shape index (κ1) is 27.0. The quantitative estimate of drug-likeness (QED) is 0.393. The van der Waals surface area contributed by atoms with Crippen molar-refractivity contribution in [3.63, 3.8) is 0 Å². The highest BCUT2D eigenvalue weighted by molar-refractivity contribution is 6.16. The molecule has 1 saturated carbocycles. The largest absolute Gasteiger partial charge is 0.387 e. The first-order valence-electron chi connectivity index (χ1n) is 15.1. The van der Waals surface area contributed by atoms with Crippen molar-refractivity contribution in [2.75, 3.05) is 24.5 Å². The van der Waals surface area contributed by atoms with Gasteiger partial charge in [0.15, 0.2) is 5.65 Å². The number of aryl methyl sites for hydroxylation is 2. The van der Waals surface area contributed by atoms with E-state index in [0.717, 1.165) is 73.9 Å². The molecule has 2 bridgehead atoms. The number of hydrogen-bond donors (Lipinski definition) is 1. The lowest BCUT2D eigenvalue weighted by molar-refractivity contribution is 0.226. The maximum absolute atomic E-state index is 6.83. The van der Waals surface area contributed by atoms with Gasteiger partial charge in [-0.05, 0) is 68.9 Å². The van der Waals surface area contributed by atoms with Gasteiger partial charge in [-0.25, -0.2) is 4.98 Å². The van der Waals surface area contributed by atoms with E-state index in [0.29, 0.717) is 5.92 Å². The molecule has 3 aromatic rings. The summed E-state index contributed by atoms with van der Waals surface area (Å²) in [6, 6.07) is 11.4. The summed E-state index contributed by atoms with van der Waals surface area (Å²) < 4.78 is 2.04. The average molecular weight is 535 g/mol. The molecule has 3 aliphatic rings. The molecular weight excluding hydrogens is 491 g/mol. The maximum atomic E-state index is 6.83. The SMILES string of the molecule is [B]C(C)(C)N1CCNC(=C)CCc2ccc(C)cc2C(=C)N2CCCCC2c2cc3nc(C4CCC4)cc1n3n2. The van der Waals surface area contributed by atoms with Crippen molar-refractivity contribution in [2.24, 2.45) is 0 Å². The molecule has 2 aromatic heterocycles. The molecule has 1 N–H and O–H groups in total. The van der Waals surface area contributed by atoms with Gasteiger partial charge in [0, 0.05) is 60.3 Å². The van der Waals surface area contributed by atoms with E-state index in [4.69, 9.17) is 17.9 Å². The minimum absolute atomic E-state index is 0.167. The maximum Gasteiger partial charge on any atom is 0.157 e. The number of fused-ring (bicyclic) bond motifs is 4. The van der Waals surface area contributed by atoms with Gasteiger partial charge in [-0.2, -0.15) is 9.61 Å². The van der Waals surface area contributed by atoms with Crippen LogP contribution >= 0.6 is 0 Å². The summed E-state index contributed by atoms with van der Waals surface area (Å²) in [4.78, 5) is 9.95. The van der Waals surface area contributed by atoms with Gasteiger partial charge in [0.2, 0.25) is 0 Å². The normalized spacial score (nSPS) is 21.2. The van der Waals surface area contributed by atoms with Crippen LogP contribution in [-0.2, 0) is 6.42 Å². The molecule has 1 aliphatic carbocycles. The lowest BCUT2D eigenvalue weighted by Gasteiger charge is -2.39. The fourth-order valence-electron chi connectivity index (χ4n) is 6.57. The number of nitrogens with zero attached hydrogens (tertiary/aromatic N) is 5. The molecule has 2 aliphatic heterocycles. The second-order valence-corrected chi connectivity index (χ2v) is 12.7. The highest BCUT2D eigenvalue weighted by Crippen LogP contribution is 2.40. The molecular formula is C33H43BN6. The average Bonchev–Trinajstić information content (AvgIpc) is 3.32. The first-order valence-corrected chi connectivity index (χ1v) is 15.1. The van der Waals surface area contributed by atoms with E-state index in [1.165, 1.54) is 48.1 Å². The number of piperidine rings is 1. The van der Waals surface area contributed by atoms with E-state index in [-0.39, 0.29) is 6.04 Å². The van der Waals surface area contributed by atoms with Gasteiger partial charge in [-0.1, -0.05) is 51.1 Å². The van der Waals surface area contributed by atoms with Gasteiger partial charge in [0.25, 0.3) is 0 Å². The third-order valence-electron chi connectivity index (χ3n) is 9.12. The van der Waals surface area contributed by atoms with Gasteiger partial charge in [0.05, 0.1) is 11.7 Å². The number of rotatable bonds is 2. The number of anilines is 1. The molecule has 4 heterocycles. The van der Waals surface area contributed by atoms with Crippen molar-refractivity contribution in [3.8, 4) is 0 Å². The molecule has 6 nitrogen and oxygen atoms in total. The van der Waals surface area contributed by atoms with Crippen LogP contribution in [0.15, 0.2) is 49.2 Å². The van der Waals surface area contributed by atoms with Crippen molar-refractivity contribution in [3.05, 3.63) is 77.3 Å². The van der Waals surface area contributed by atoms with Gasteiger partial charge < -0.3 is 15.1 Å². The van der Waals surface area contributed by atoms with E-state index < -0.39 is 5.44 Å². The van der Waals surface area contributed by atoms with Gasteiger partial charge in [-0.3, -0.25) is 0 Å². The summed E-state index contributed by atoms with van der Waals surface area (Å²) in [7, 11) is 6.83. The Bertz CT molecular complexity index is 1430. The molecule has 1 atom stereocenters. The smallest absolute Gasteiger partial charge is 0.157 e. The van der Waals surface area contributed by atoms with Crippen molar-refractivity contribution in [2.45, 2.75) is 89.5 Å². The molecule has 0 spiro atoms. The third-order valence-corrected chi connectivity index (χ3v) is 9.12. The monoisotopic (exact) mass is 534 g/mol. The van der Waals surface area contributed by atoms with Crippen LogP contribution in [0.2, 0.25) is 0 Å². The van der Waals surface area contributed by atoms with E-state index in [1.54, 1.807) is 0 Å². The van der Waals surface area contributed by atoms with Crippen LogP contribution in [-0.4, -0.2) is 52.4 Å². The van der Waals surface area contributed by atoms with Gasteiger partial charge in [0.1, 0.15) is 13.7 Å². The fraction of sp³-hybridized carbons (Fsp3) is 0.515. The lowest BCUT2D eigenvalue weighted by Crippen LogP contribution is -2.48. The number of allylic oxidation sites excluding steroid dienone is 1. The Morgan fingerprint density at radius 3 is 2.55 bits per heavy atom. The van der Waals surface area contributed by atoms with Crippen molar-refractivity contribution < 1.29 is 0 Å². The van der Waals surface area contributed by atoms with Crippen LogP contribution in [0.1, 0.15) is 98.8 Å². The Labute approximate surface area is 241 Å². The molecule has 208 valence electrons. The van der Waals surface area contributed by atoms with Crippen LogP contribution in [0.3, 0.4) is 0 Å². The van der Waals surface area contributed by atoms with Crippen molar-refractivity contribution >= 4 is 25.0 Å². The molecule has 0 amide bonds. The summed E-state index contributed by atoms with van der Waals surface area (Å²) in [6.45, 7) is 17.8. The Morgan fingerprint density at radius 2 is 1.80 bits per heavy atom. The summed E-state index contributed by atoms with van der Waals surface area (Å²) in [5, 5.41) is 8.86. The Kier molecular flexibility index (Phi) is 7.18. The van der Waals surface area contributed by atoms with Crippen LogP contribution in [0.4, 0.5) is 5.82 Å². The highest BCUT2D eigenvalue weighted by Gasteiger charge is 2.32. The van der Waals surface area contributed by atoms with Crippen molar-refractivity contribution in [1.82, 2.24) is 24.8 Å². The second-order valence-electron chi connectivity index (χ2n) is 12.7. The zero-order valence-electron chi connectivity index (χ0n) is 24.5. The minimum atomic E-state index is -0.576. The molecule has 1 unspecified atom stereocenters. The molecule has 40 heavy (non-hydrogen) atoms. The molecule has 7 heteroatoms. The Morgan fingerprint density at radius 1 is 0.975 bits per heavy atom. The summed E-state index contributed by atoms with van der Waals surface area (Å²) >= 11 is 0. The lowest BCUT2D eigenvalue weighted by atomic mass is 9.79. The zero-order chi connectivity index (χ0) is 28.0. The van der Waals surface area contributed by atoms with Gasteiger partial charge in [-0.15, -0.1) is 0 Å². The van der Waals surface area contributed by atoms with E-state index in [1.807, 2.05) is 4.52 Å². The molecule has 2 radical (unpaired) electrons. The van der Waals surface area contributed by atoms with Crippen LogP contribution in [0, 0.1) is 6.92 Å². The zero-order valence-corrected chi connectivity index (χ0v) is 24.5. The predicted molar refractivity (Wildman–Crippen MR) is 166 cm³/mol. The number of hydrogen-bond acceptors (Lipinski definition) is 5. The van der Waals surface area contributed by atoms with E-state index in [2.05, 4.69) is 79.4 Å². The first-order chi connectivity index (χ1) is 19.2. The fourth-order valence-corrected chi connectivity index (χ4v) is 6.57. The number of nitrogens with one attached hydrogen (secondary N) is 1. The second kappa shape index (κ2) is 10.6. The Balaban J connectivity index is 1.51. The summed E-state index contributed by atoms with van der Waals surface area (Å²) in [5.41, 5.74) is 8.55. The standard InChI is InChI=1S/C33H43BN6/c1-22-12-14-25-15-13-23(2)35-16-18-39(33(4,5)34)32-21-28(26-9-8-10-26)36-31-20-29(37-40(31)32)30-11-6-7-17-38(30)24(3)27(25)19-22/h12,14,19-21,26,30,35H,2-3,6-11,13,15-18H2,1,4-5H3. The van der Waals surface area contributed by atoms with Crippen LogP contribution < -0.4 is 10.2 Å².